The van der Waals surface area contributed by atoms with Gasteiger partial charge in [0.1, 0.15) is 6.04 Å². The Kier molecular flexibility index (Phi) is 6.46. The molecule has 1 unspecified atom stereocenters. The SMILES string of the molecule is CCOc1cncc(-c2ccc(NC(=O)C(N)c3csc(NSC4CC4)n3)cc2)n1. The van der Waals surface area contributed by atoms with Gasteiger partial charge in [0, 0.05) is 21.9 Å². The lowest BCUT2D eigenvalue weighted by Gasteiger charge is -2.11. The van der Waals surface area contributed by atoms with Crippen LogP contribution in [0.4, 0.5) is 10.8 Å². The fourth-order valence-electron chi connectivity index (χ4n) is 2.58. The second kappa shape index (κ2) is 9.41. The van der Waals surface area contributed by atoms with Crippen LogP contribution in [0.5, 0.6) is 5.88 Å². The molecule has 2 heterocycles. The molecule has 1 aliphatic carbocycles. The second-order valence-electron chi connectivity index (χ2n) is 6.72. The predicted molar refractivity (Wildman–Crippen MR) is 121 cm³/mol. The fraction of sp³-hybridized carbons (Fsp3) is 0.300. The van der Waals surface area contributed by atoms with E-state index < -0.39 is 6.04 Å². The van der Waals surface area contributed by atoms with Gasteiger partial charge in [-0.2, -0.15) is 0 Å². The first-order chi connectivity index (χ1) is 14.6. The van der Waals surface area contributed by atoms with E-state index in [-0.39, 0.29) is 5.91 Å². The number of rotatable bonds is 9. The zero-order chi connectivity index (χ0) is 20.9. The molecule has 4 N–H and O–H groups in total. The number of hydrogen-bond acceptors (Lipinski definition) is 9. The molecular weight excluding hydrogens is 420 g/mol. The maximum absolute atomic E-state index is 12.5. The van der Waals surface area contributed by atoms with E-state index in [9.17, 15) is 4.79 Å². The molecule has 4 rings (SSSR count). The van der Waals surface area contributed by atoms with Crippen molar-refractivity contribution in [3.05, 3.63) is 47.7 Å². The highest BCUT2D eigenvalue weighted by atomic mass is 32.2. The van der Waals surface area contributed by atoms with Crippen LogP contribution in [0.2, 0.25) is 0 Å². The van der Waals surface area contributed by atoms with Crippen molar-refractivity contribution >= 4 is 40.0 Å². The van der Waals surface area contributed by atoms with Crippen molar-refractivity contribution < 1.29 is 9.53 Å². The summed E-state index contributed by atoms with van der Waals surface area (Å²) in [5, 5.41) is 6.09. The summed E-state index contributed by atoms with van der Waals surface area (Å²) in [6.07, 6.45) is 5.72. The van der Waals surface area contributed by atoms with E-state index in [2.05, 4.69) is 25.0 Å². The van der Waals surface area contributed by atoms with Crippen molar-refractivity contribution in [2.45, 2.75) is 31.1 Å². The highest BCUT2D eigenvalue weighted by Crippen LogP contribution is 2.35. The standard InChI is InChI=1S/C20H22N6O2S2/c1-2-28-17-10-22-9-15(24-17)12-3-5-13(6-4-12)23-19(27)18(21)16-11-29-20(25-16)26-30-14-7-8-14/h3-6,9-11,14,18H,2,7-8,21H2,1H3,(H,23,27)(H,25,26). The zero-order valence-electron chi connectivity index (χ0n) is 16.4. The number of carbonyl (C=O) groups is 1. The number of anilines is 2. The molecular formula is C20H22N6O2S2. The number of hydrogen-bond donors (Lipinski definition) is 3. The molecule has 3 aromatic rings. The maximum atomic E-state index is 12.5. The van der Waals surface area contributed by atoms with E-state index in [4.69, 9.17) is 10.5 Å². The molecule has 1 saturated carbocycles. The number of thiazole rings is 1. The van der Waals surface area contributed by atoms with Gasteiger partial charge < -0.3 is 20.5 Å². The first kappa shape index (κ1) is 20.6. The van der Waals surface area contributed by atoms with E-state index in [0.717, 1.165) is 10.7 Å². The number of carbonyl (C=O) groups excluding carboxylic acids is 1. The number of nitrogens with one attached hydrogen (secondary N) is 2. The summed E-state index contributed by atoms with van der Waals surface area (Å²) in [6.45, 7) is 2.42. The quantitative estimate of drug-likeness (QED) is 0.428. The molecule has 30 heavy (non-hydrogen) atoms. The lowest BCUT2D eigenvalue weighted by Crippen LogP contribution is -2.28. The topological polar surface area (TPSA) is 115 Å². The Morgan fingerprint density at radius 1 is 1.30 bits per heavy atom. The van der Waals surface area contributed by atoms with Crippen LogP contribution in [-0.4, -0.2) is 32.7 Å². The van der Waals surface area contributed by atoms with E-state index in [1.165, 1.54) is 24.2 Å². The van der Waals surface area contributed by atoms with Gasteiger partial charge in [0.05, 0.1) is 30.4 Å². The molecule has 1 atom stereocenters. The summed E-state index contributed by atoms with van der Waals surface area (Å²) >= 11 is 3.12. The lowest BCUT2D eigenvalue weighted by molar-refractivity contribution is -0.117. The molecule has 1 aliphatic rings. The summed E-state index contributed by atoms with van der Waals surface area (Å²) in [5.74, 6) is 0.165. The van der Waals surface area contributed by atoms with E-state index in [1.807, 2.05) is 24.4 Å². The molecule has 1 fully saturated rings. The summed E-state index contributed by atoms with van der Waals surface area (Å²) in [4.78, 5) is 25.5. The van der Waals surface area contributed by atoms with Gasteiger partial charge in [-0.05, 0) is 43.8 Å². The highest BCUT2D eigenvalue weighted by molar-refractivity contribution is 8.01. The third-order valence-electron chi connectivity index (χ3n) is 4.31. The summed E-state index contributed by atoms with van der Waals surface area (Å²) in [7, 11) is 0. The number of nitrogens with two attached hydrogens (primary N) is 1. The molecule has 8 nitrogen and oxygen atoms in total. The monoisotopic (exact) mass is 442 g/mol. The lowest BCUT2D eigenvalue weighted by atomic mass is 10.1. The Hall–Kier alpha value is -2.69. The summed E-state index contributed by atoms with van der Waals surface area (Å²) in [5.41, 5.74) is 8.86. The number of aromatic nitrogens is 3. The van der Waals surface area contributed by atoms with Crippen molar-refractivity contribution in [2.75, 3.05) is 16.6 Å². The highest BCUT2D eigenvalue weighted by Gasteiger charge is 2.23. The minimum absolute atomic E-state index is 0.312. The van der Waals surface area contributed by atoms with Crippen LogP contribution >= 0.6 is 23.3 Å². The second-order valence-corrected chi connectivity index (χ2v) is 8.68. The van der Waals surface area contributed by atoms with E-state index >= 15 is 0 Å². The van der Waals surface area contributed by atoms with Gasteiger partial charge in [-0.15, -0.1) is 11.3 Å². The predicted octanol–water partition coefficient (Wildman–Crippen LogP) is 3.86. The fourth-order valence-corrected chi connectivity index (χ4v) is 4.19. The molecule has 10 heteroatoms. The Morgan fingerprint density at radius 3 is 2.83 bits per heavy atom. The number of nitrogens with zero attached hydrogens (tertiary/aromatic N) is 3. The van der Waals surface area contributed by atoms with Crippen LogP contribution in [0.3, 0.4) is 0 Å². The Morgan fingerprint density at radius 2 is 2.10 bits per heavy atom. The molecule has 0 saturated heterocycles. The molecule has 0 aliphatic heterocycles. The maximum Gasteiger partial charge on any atom is 0.247 e. The van der Waals surface area contributed by atoms with Gasteiger partial charge >= 0.3 is 0 Å². The smallest absolute Gasteiger partial charge is 0.247 e. The van der Waals surface area contributed by atoms with Gasteiger partial charge in [0.15, 0.2) is 5.13 Å². The van der Waals surface area contributed by atoms with Crippen molar-refractivity contribution in [1.82, 2.24) is 15.0 Å². The van der Waals surface area contributed by atoms with Crippen LogP contribution in [0.1, 0.15) is 31.5 Å². The molecule has 0 radical (unpaired) electrons. The number of benzene rings is 1. The molecule has 156 valence electrons. The molecule has 0 spiro atoms. The van der Waals surface area contributed by atoms with Gasteiger partial charge in [-0.3, -0.25) is 9.78 Å². The Bertz CT molecular complexity index is 1010. The van der Waals surface area contributed by atoms with Crippen LogP contribution in [0, 0.1) is 0 Å². The van der Waals surface area contributed by atoms with Gasteiger partial charge in [0.2, 0.25) is 11.8 Å². The van der Waals surface area contributed by atoms with Crippen LogP contribution in [0.25, 0.3) is 11.3 Å². The van der Waals surface area contributed by atoms with Crippen LogP contribution in [-0.2, 0) is 4.79 Å². The molecule has 1 aromatic carbocycles. The van der Waals surface area contributed by atoms with Crippen molar-refractivity contribution in [3.8, 4) is 17.1 Å². The third kappa shape index (κ3) is 5.26. The third-order valence-corrected chi connectivity index (χ3v) is 6.33. The van der Waals surface area contributed by atoms with Crippen LogP contribution < -0.4 is 20.5 Å². The van der Waals surface area contributed by atoms with Crippen molar-refractivity contribution in [3.63, 3.8) is 0 Å². The summed E-state index contributed by atoms with van der Waals surface area (Å²) < 4.78 is 8.61. The normalized spacial score (nSPS) is 14.2. The molecule has 0 bridgehead atoms. The Labute approximate surface area is 182 Å². The van der Waals surface area contributed by atoms with Crippen molar-refractivity contribution in [1.29, 1.82) is 0 Å². The average Bonchev–Trinajstić information content (AvgIpc) is 3.48. The van der Waals surface area contributed by atoms with Gasteiger partial charge in [0.25, 0.3) is 0 Å². The van der Waals surface area contributed by atoms with Gasteiger partial charge in [-0.1, -0.05) is 12.1 Å². The molecule has 2 aromatic heterocycles. The number of amides is 1. The average molecular weight is 443 g/mol. The first-order valence-electron chi connectivity index (χ1n) is 9.61. The first-order valence-corrected chi connectivity index (χ1v) is 11.4. The van der Waals surface area contributed by atoms with Crippen LogP contribution in [0.15, 0.2) is 42.0 Å². The zero-order valence-corrected chi connectivity index (χ0v) is 18.0. The summed E-state index contributed by atoms with van der Waals surface area (Å²) in [6, 6.07) is 6.49. The van der Waals surface area contributed by atoms with Crippen molar-refractivity contribution in [2.24, 2.45) is 5.73 Å². The largest absolute Gasteiger partial charge is 0.477 e. The minimum Gasteiger partial charge on any atom is -0.477 e. The number of ether oxygens (including phenoxy) is 1. The van der Waals surface area contributed by atoms with E-state index in [1.54, 1.807) is 36.5 Å². The van der Waals surface area contributed by atoms with E-state index in [0.29, 0.717) is 34.8 Å². The minimum atomic E-state index is -0.837. The van der Waals surface area contributed by atoms with Gasteiger partial charge in [-0.25, -0.2) is 9.97 Å². The Balaban J connectivity index is 1.36. The molecule has 1 amide bonds.